The normalized spacial score (nSPS) is 18.8. The van der Waals surface area contributed by atoms with E-state index in [9.17, 15) is 14.9 Å². The van der Waals surface area contributed by atoms with Crippen molar-refractivity contribution in [2.45, 2.75) is 38.9 Å². The van der Waals surface area contributed by atoms with Crippen LogP contribution in [0.3, 0.4) is 0 Å². The summed E-state index contributed by atoms with van der Waals surface area (Å²) in [6.45, 7) is 7.61. The molecule has 7 heteroatoms. The Hall–Kier alpha value is -1.93. The van der Waals surface area contributed by atoms with E-state index in [1.807, 2.05) is 39.8 Å². The first-order valence-corrected chi connectivity index (χ1v) is 7.99. The lowest BCUT2D eigenvalue weighted by Crippen LogP contribution is -2.41. The number of nitrogens with zero attached hydrogens (tertiary/aromatic N) is 2. The topological polar surface area (TPSA) is 66.0 Å². The number of hydrogen-bond donors (Lipinski definition) is 0. The van der Waals surface area contributed by atoms with Crippen molar-refractivity contribution < 1.29 is 13.7 Å². The Balaban J connectivity index is 2.30. The van der Waals surface area contributed by atoms with Gasteiger partial charge in [-0.3, -0.25) is 0 Å². The smallest absolute Gasteiger partial charge is 0.399 e. The van der Waals surface area contributed by atoms with Crippen LogP contribution in [0.25, 0.3) is 10.8 Å². The van der Waals surface area contributed by atoms with Crippen LogP contribution in [0.2, 0.25) is 0 Å². The zero-order valence-electron chi connectivity index (χ0n) is 13.2. The van der Waals surface area contributed by atoms with Gasteiger partial charge >= 0.3 is 7.12 Å². The Labute approximate surface area is 138 Å². The number of rotatable bonds is 1. The van der Waals surface area contributed by atoms with Crippen LogP contribution in [0.1, 0.15) is 38.8 Å². The maximum atomic E-state index is 14.0. The van der Waals surface area contributed by atoms with E-state index in [-0.39, 0.29) is 11.1 Å². The van der Waals surface area contributed by atoms with E-state index in [2.05, 4.69) is 0 Å². The molecule has 1 aliphatic rings. The minimum atomic E-state index is -0.820. The van der Waals surface area contributed by atoms with Crippen LogP contribution in [-0.4, -0.2) is 18.3 Å². The molecule has 1 aromatic heterocycles. The van der Waals surface area contributed by atoms with Gasteiger partial charge in [-0.05, 0) is 39.1 Å². The SMILES string of the molecule is CC1(C)OB(c2c(C#N)c(C#N)cc3c(F)scc23)OC1(C)C. The quantitative estimate of drug-likeness (QED) is 0.755. The number of benzene rings is 1. The van der Waals surface area contributed by atoms with E-state index < -0.39 is 23.5 Å². The molecule has 0 saturated carbocycles. The van der Waals surface area contributed by atoms with Crippen molar-refractivity contribution in [2.75, 3.05) is 0 Å². The number of fused-ring (bicyclic) bond motifs is 1. The summed E-state index contributed by atoms with van der Waals surface area (Å²) in [5.74, 6) is 0. The van der Waals surface area contributed by atoms with Crippen LogP contribution >= 0.6 is 11.3 Å². The van der Waals surface area contributed by atoms with Crippen LogP contribution in [0.4, 0.5) is 4.39 Å². The fraction of sp³-hybridized carbons (Fsp3) is 0.375. The third-order valence-electron chi connectivity index (χ3n) is 4.62. The molecule has 1 saturated heterocycles. The van der Waals surface area contributed by atoms with Crippen molar-refractivity contribution in [3.63, 3.8) is 0 Å². The second-order valence-corrected chi connectivity index (χ2v) is 7.33. The van der Waals surface area contributed by atoms with Crippen molar-refractivity contribution in [1.29, 1.82) is 10.5 Å². The van der Waals surface area contributed by atoms with Gasteiger partial charge in [0.25, 0.3) is 0 Å². The van der Waals surface area contributed by atoms with Gasteiger partial charge in [0.05, 0.1) is 22.3 Å². The van der Waals surface area contributed by atoms with Crippen LogP contribution in [0, 0.1) is 27.8 Å². The second kappa shape index (κ2) is 5.04. The summed E-state index contributed by atoms with van der Waals surface area (Å²) < 4.78 is 26.0. The monoisotopic (exact) mass is 328 g/mol. The highest BCUT2D eigenvalue weighted by molar-refractivity contribution is 7.10. The molecule has 0 aliphatic carbocycles. The van der Waals surface area contributed by atoms with E-state index >= 15 is 0 Å². The van der Waals surface area contributed by atoms with Gasteiger partial charge in [0.15, 0.2) is 5.13 Å². The van der Waals surface area contributed by atoms with Gasteiger partial charge in [-0.1, -0.05) is 0 Å². The summed E-state index contributed by atoms with van der Waals surface area (Å²) in [7, 11) is -0.820. The van der Waals surface area contributed by atoms with Crippen LogP contribution in [-0.2, 0) is 9.31 Å². The molecule has 23 heavy (non-hydrogen) atoms. The van der Waals surface area contributed by atoms with Gasteiger partial charge < -0.3 is 9.31 Å². The zero-order chi connectivity index (χ0) is 17.0. The first kappa shape index (κ1) is 16.0. The molecular weight excluding hydrogens is 314 g/mol. The summed E-state index contributed by atoms with van der Waals surface area (Å²) in [5.41, 5.74) is -0.444. The van der Waals surface area contributed by atoms with Gasteiger partial charge in [0.2, 0.25) is 0 Å². The number of thiophene rings is 1. The molecule has 2 aromatic rings. The number of halogens is 1. The third-order valence-corrected chi connectivity index (χ3v) is 5.40. The van der Waals surface area contributed by atoms with Gasteiger partial charge in [-0.2, -0.15) is 14.9 Å². The van der Waals surface area contributed by atoms with Crippen LogP contribution in [0.15, 0.2) is 11.4 Å². The summed E-state index contributed by atoms with van der Waals surface area (Å²) in [6, 6.07) is 5.42. The fourth-order valence-electron chi connectivity index (χ4n) is 2.60. The summed E-state index contributed by atoms with van der Waals surface area (Å²) >= 11 is 0.932. The summed E-state index contributed by atoms with van der Waals surface area (Å²) in [4.78, 5) is 0. The molecule has 0 bridgehead atoms. The Morgan fingerprint density at radius 2 is 1.70 bits per heavy atom. The Kier molecular flexibility index (Phi) is 3.49. The Morgan fingerprint density at radius 1 is 1.09 bits per heavy atom. The lowest BCUT2D eigenvalue weighted by molar-refractivity contribution is 0.00578. The molecule has 1 aliphatic heterocycles. The fourth-order valence-corrected chi connectivity index (χ4v) is 3.37. The molecule has 0 atom stereocenters. The van der Waals surface area contributed by atoms with Crippen molar-refractivity contribution in [1.82, 2.24) is 0 Å². The van der Waals surface area contributed by atoms with Gasteiger partial charge in [0.1, 0.15) is 12.1 Å². The molecule has 0 spiro atoms. The largest absolute Gasteiger partial charge is 0.496 e. The van der Waals surface area contributed by atoms with E-state index in [0.717, 1.165) is 11.3 Å². The van der Waals surface area contributed by atoms with Crippen LogP contribution in [0.5, 0.6) is 0 Å². The predicted octanol–water partition coefficient (Wildman–Crippen LogP) is 3.08. The first-order chi connectivity index (χ1) is 10.7. The predicted molar refractivity (Wildman–Crippen MR) is 86.9 cm³/mol. The van der Waals surface area contributed by atoms with E-state index in [1.165, 1.54) is 6.07 Å². The Morgan fingerprint density at radius 3 is 2.22 bits per heavy atom. The molecule has 3 rings (SSSR count). The number of nitriles is 2. The Bertz CT molecular complexity index is 876. The minimum absolute atomic E-state index is 0.127. The van der Waals surface area contributed by atoms with Crippen molar-refractivity contribution in [3.8, 4) is 12.1 Å². The molecule has 0 N–H and O–H groups in total. The molecule has 1 fully saturated rings. The maximum Gasteiger partial charge on any atom is 0.496 e. The lowest BCUT2D eigenvalue weighted by Gasteiger charge is -2.32. The highest BCUT2D eigenvalue weighted by Crippen LogP contribution is 2.38. The van der Waals surface area contributed by atoms with Gasteiger partial charge in [-0.25, -0.2) is 0 Å². The molecule has 0 radical (unpaired) electrons. The van der Waals surface area contributed by atoms with Crippen molar-refractivity contribution in [2.24, 2.45) is 0 Å². The van der Waals surface area contributed by atoms with E-state index in [4.69, 9.17) is 9.31 Å². The summed E-state index contributed by atoms with van der Waals surface area (Å²) in [6.07, 6.45) is 0. The highest BCUT2D eigenvalue weighted by Gasteiger charge is 2.53. The van der Waals surface area contributed by atoms with Gasteiger partial charge in [0, 0.05) is 16.2 Å². The lowest BCUT2D eigenvalue weighted by atomic mass is 9.72. The van der Waals surface area contributed by atoms with Crippen LogP contribution < -0.4 is 5.46 Å². The van der Waals surface area contributed by atoms with E-state index in [1.54, 1.807) is 5.38 Å². The second-order valence-electron chi connectivity index (χ2n) is 6.50. The first-order valence-electron chi connectivity index (χ1n) is 7.11. The summed E-state index contributed by atoms with van der Waals surface area (Å²) in [5, 5.41) is 20.9. The highest BCUT2D eigenvalue weighted by atomic mass is 32.1. The third kappa shape index (κ3) is 2.24. The minimum Gasteiger partial charge on any atom is -0.399 e. The molecular formula is C16H14BFN2O2S. The molecule has 2 heterocycles. The average molecular weight is 328 g/mol. The van der Waals surface area contributed by atoms with Gasteiger partial charge in [-0.15, -0.1) is 11.3 Å². The van der Waals surface area contributed by atoms with Crippen molar-refractivity contribution in [3.05, 3.63) is 27.7 Å². The molecule has 4 nitrogen and oxygen atoms in total. The number of hydrogen-bond acceptors (Lipinski definition) is 5. The average Bonchev–Trinajstić information content (AvgIpc) is 2.94. The van der Waals surface area contributed by atoms with Crippen molar-refractivity contribution >= 4 is 34.7 Å². The maximum absolute atomic E-state index is 14.0. The molecule has 0 amide bonds. The standard InChI is InChI=1S/C16H14BFN2O2S/c1-15(2)16(3,4)22-17(21-15)13-11(7-20)9(6-19)5-10-12(13)8-23-14(10)18/h5,8H,1-4H3. The molecule has 1 aromatic carbocycles. The molecule has 116 valence electrons. The molecule has 0 unspecified atom stereocenters. The zero-order valence-corrected chi connectivity index (χ0v) is 14.0. The van der Waals surface area contributed by atoms with E-state index in [0.29, 0.717) is 16.2 Å².